The van der Waals surface area contributed by atoms with Gasteiger partial charge in [0.15, 0.2) is 0 Å². The molecule has 1 saturated carbocycles. The lowest BCUT2D eigenvalue weighted by Gasteiger charge is -2.32. The molecule has 0 bridgehead atoms. The number of likely N-dealkylation sites (tertiary alicyclic amines) is 1. The van der Waals surface area contributed by atoms with Crippen molar-refractivity contribution in [1.82, 2.24) is 14.5 Å². The Balaban J connectivity index is 1.38. The minimum atomic E-state index is 0.103. The Morgan fingerprint density at radius 3 is 2.50 bits per heavy atom. The van der Waals surface area contributed by atoms with E-state index in [2.05, 4.69) is 15.7 Å². The smallest absolute Gasteiger partial charge is 0.253 e. The minimum absolute atomic E-state index is 0.103. The number of hydrogen-bond donors (Lipinski definition) is 0. The summed E-state index contributed by atoms with van der Waals surface area (Å²) < 4.78 is 2.33. The molecule has 2 fully saturated rings. The second kappa shape index (κ2) is 6.60. The number of imidazole rings is 1. The average molecular weight is 344 g/mol. The summed E-state index contributed by atoms with van der Waals surface area (Å²) in [4.78, 5) is 19.1. The van der Waals surface area contributed by atoms with Crippen LogP contribution in [0.2, 0.25) is 5.02 Å². The fraction of sp³-hybridized carbons (Fsp3) is 0.474. The zero-order chi connectivity index (χ0) is 16.5. The van der Waals surface area contributed by atoms with Crippen molar-refractivity contribution < 1.29 is 4.79 Å². The summed E-state index contributed by atoms with van der Waals surface area (Å²) in [7, 11) is 0. The van der Waals surface area contributed by atoms with Crippen molar-refractivity contribution in [3.8, 4) is 0 Å². The normalized spacial score (nSPS) is 18.8. The third-order valence-electron chi connectivity index (χ3n) is 5.14. The van der Waals surface area contributed by atoms with Gasteiger partial charge < -0.3 is 9.47 Å². The van der Waals surface area contributed by atoms with Crippen LogP contribution in [0.1, 0.15) is 47.8 Å². The van der Waals surface area contributed by atoms with Gasteiger partial charge in [0.1, 0.15) is 5.82 Å². The minimum Gasteiger partial charge on any atom is -0.339 e. The number of benzene rings is 1. The van der Waals surface area contributed by atoms with E-state index in [9.17, 15) is 4.79 Å². The first kappa shape index (κ1) is 15.7. The Labute approximate surface area is 147 Å². The quantitative estimate of drug-likeness (QED) is 0.842. The van der Waals surface area contributed by atoms with Gasteiger partial charge >= 0.3 is 0 Å². The van der Waals surface area contributed by atoms with Crippen molar-refractivity contribution in [2.75, 3.05) is 13.1 Å². The maximum absolute atomic E-state index is 12.6. The van der Waals surface area contributed by atoms with Gasteiger partial charge in [0.25, 0.3) is 5.91 Å². The standard InChI is InChI=1S/C19H22ClN3O/c20-17-5-3-16(4-6-17)19(24)22-10-7-15(8-11-22)18-21-9-12-23(18)13-14-1-2-14/h3-6,9,12,14-15H,1-2,7-8,10-11,13H2. The lowest BCUT2D eigenvalue weighted by atomic mass is 9.95. The van der Waals surface area contributed by atoms with Crippen LogP contribution in [0.25, 0.3) is 0 Å². The van der Waals surface area contributed by atoms with Gasteiger partial charge in [-0.25, -0.2) is 4.98 Å². The SMILES string of the molecule is O=C(c1ccc(Cl)cc1)N1CCC(c2nccn2CC2CC2)CC1. The third kappa shape index (κ3) is 3.34. The first-order valence-corrected chi connectivity index (χ1v) is 9.14. The van der Waals surface area contributed by atoms with Gasteiger partial charge in [0.05, 0.1) is 0 Å². The molecule has 4 nitrogen and oxygen atoms in total. The van der Waals surface area contributed by atoms with E-state index in [1.54, 1.807) is 24.3 Å². The van der Waals surface area contributed by atoms with Crippen LogP contribution in [0.15, 0.2) is 36.7 Å². The van der Waals surface area contributed by atoms with Crippen molar-refractivity contribution in [3.63, 3.8) is 0 Å². The van der Waals surface area contributed by atoms with Crippen molar-refractivity contribution in [1.29, 1.82) is 0 Å². The molecule has 0 unspecified atom stereocenters. The number of amides is 1. The van der Waals surface area contributed by atoms with Crippen molar-refractivity contribution in [3.05, 3.63) is 53.1 Å². The fourth-order valence-electron chi connectivity index (χ4n) is 3.53. The number of rotatable bonds is 4. The molecule has 24 heavy (non-hydrogen) atoms. The molecule has 0 N–H and O–H groups in total. The summed E-state index contributed by atoms with van der Waals surface area (Å²) in [5.74, 6) is 2.63. The van der Waals surface area contributed by atoms with Gasteiger partial charge in [-0.1, -0.05) is 11.6 Å². The molecular formula is C19H22ClN3O. The van der Waals surface area contributed by atoms with Crippen LogP contribution in [0.4, 0.5) is 0 Å². The van der Waals surface area contributed by atoms with Crippen LogP contribution in [-0.2, 0) is 6.54 Å². The van der Waals surface area contributed by atoms with E-state index in [0.29, 0.717) is 16.5 Å². The highest BCUT2D eigenvalue weighted by atomic mass is 35.5. The van der Waals surface area contributed by atoms with E-state index in [1.807, 2.05) is 11.1 Å². The molecular weight excluding hydrogens is 322 g/mol. The molecule has 0 radical (unpaired) electrons. The molecule has 2 aromatic rings. The molecule has 1 amide bonds. The average Bonchev–Trinajstić information content (AvgIpc) is 3.30. The van der Waals surface area contributed by atoms with Crippen molar-refractivity contribution in [2.45, 2.75) is 38.1 Å². The Morgan fingerprint density at radius 2 is 1.83 bits per heavy atom. The topological polar surface area (TPSA) is 38.1 Å². The molecule has 1 aliphatic carbocycles. The molecule has 126 valence electrons. The number of halogens is 1. The van der Waals surface area contributed by atoms with Crippen LogP contribution in [-0.4, -0.2) is 33.4 Å². The number of piperidine rings is 1. The maximum atomic E-state index is 12.6. The van der Waals surface area contributed by atoms with E-state index in [-0.39, 0.29) is 5.91 Å². The van der Waals surface area contributed by atoms with Crippen LogP contribution >= 0.6 is 11.6 Å². The maximum Gasteiger partial charge on any atom is 0.253 e. The van der Waals surface area contributed by atoms with Crippen LogP contribution in [0, 0.1) is 5.92 Å². The first-order valence-electron chi connectivity index (χ1n) is 8.76. The van der Waals surface area contributed by atoms with Gasteiger partial charge in [-0.2, -0.15) is 0 Å². The van der Waals surface area contributed by atoms with Gasteiger partial charge in [0, 0.05) is 48.5 Å². The highest BCUT2D eigenvalue weighted by molar-refractivity contribution is 6.30. The zero-order valence-corrected chi connectivity index (χ0v) is 14.5. The largest absolute Gasteiger partial charge is 0.339 e. The molecule has 1 saturated heterocycles. The lowest BCUT2D eigenvalue weighted by molar-refractivity contribution is 0.0710. The Morgan fingerprint density at radius 1 is 1.12 bits per heavy atom. The van der Waals surface area contributed by atoms with Crippen LogP contribution in [0.5, 0.6) is 0 Å². The Bertz CT molecular complexity index is 712. The monoisotopic (exact) mass is 343 g/mol. The van der Waals surface area contributed by atoms with E-state index in [0.717, 1.165) is 38.4 Å². The second-order valence-corrected chi connectivity index (χ2v) is 7.39. The highest BCUT2D eigenvalue weighted by Crippen LogP contribution is 2.33. The number of nitrogens with zero attached hydrogens (tertiary/aromatic N) is 3. The van der Waals surface area contributed by atoms with E-state index >= 15 is 0 Å². The second-order valence-electron chi connectivity index (χ2n) is 6.95. The summed E-state index contributed by atoms with van der Waals surface area (Å²) in [6.45, 7) is 2.70. The summed E-state index contributed by atoms with van der Waals surface area (Å²) in [6.07, 6.45) is 8.71. The van der Waals surface area contributed by atoms with E-state index in [4.69, 9.17) is 11.6 Å². The van der Waals surface area contributed by atoms with Gasteiger partial charge in [-0.15, -0.1) is 0 Å². The predicted molar refractivity (Wildman–Crippen MR) is 94.3 cm³/mol. The van der Waals surface area contributed by atoms with Crippen LogP contribution < -0.4 is 0 Å². The third-order valence-corrected chi connectivity index (χ3v) is 5.39. The Kier molecular flexibility index (Phi) is 4.31. The molecule has 2 aliphatic rings. The summed E-state index contributed by atoms with van der Waals surface area (Å²) in [5.41, 5.74) is 0.716. The number of carbonyl (C=O) groups is 1. The number of hydrogen-bond acceptors (Lipinski definition) is 2. The van der Waals surface area contributed by atoms with Crippen molar-refractivity contribution >= 4 is 17.5 Å². The van der Waals surface area contributed by atoms with Crippen LogP contribution in [0.3, 0.4) is 0 Å². The van der Waals surface area contributed by atoms with E-state index < -0.39 is 0 Å². The molecule has 1 aromatic heterocycles. The summed E-state index contributed by atoms with van der Waals surface area (Å²) >= 11 is 5.90. The molecule has 1 aliphatic heterocycles. The summed E-state index contributed by atoms with van der Waals surface area (Å²) in [6, 6.07) is 7.16. The molecule has 0 spiro atoms. The molecule has 5 heteroatoms. The molecule has 1 aromatic carbocycles. The molecule has 2 heterocycles. The van der Waals surface area contributed by atoms with E-state index in [1.165, 1.54) is 18.7 Å². The van der Waals surface area contributed by atoms with Gasteiger partial charge in [0.2, 0.25) is 0 Å². The fourth-order valence-corrected chi connectivity index (χ4v) is 3.66. The molecule has 4 rings (SSSR count). The summed E-state index contributed by atoms with van der Waals surface area (Å²) in [5, 5.41) is 0.660. The molecule has 0 atom stereocenters. The first-order chi connectivity index (χ1) is 11.7. The van der Waals surface area contributed by atoms with Crippen molar-refractivity contribution in [2.24, 2.45) is 5.92 Å². The Hall–Kier alpha value is -1.81. The predicted octanol–water partition coefficient (Wildman–Crippen LogP) is 3.97. The van der Waals surface area contributed by atoms with Gasteiger partial charge in [-0.3, -0.25) is 4.79 Å². The highest BCUT2D eigenvalue weighted by Gasteiger charge is 2.28. The van der Waals surface area contributed by atoms with Gasteiger partial charge in [-0.05, 0) is 55.9 Å². The number of aromatic nitrogens is 2. The zero-order valence-electron chi connectivity index (χ0n) is 13.7. The number of carbonyl (C=O) groups excluding carboxylic acids is 1. The lowest BCUT2D eigenvalue weighted by Crippen LogP contribution is -2.38.